The number of nitrogens with one attached hydrogen (secondary N) is 1. The number of carbonyl (C=O) groups is 1. The molecule has 0 bridgehead atoms. The van der Waals surface area contributed by atoms with Gasteiger partial charge in [-0.2, -0.15) is 0 Å². The van der Waals surface area contributed by atoms with Gasteiger partial charge in [0, 0.05) is 19.0 Å². The molecule has 1 heterocycles. The number of hydrogen-bond donors (Lipinski definition) is 1. The zero-order chi connectivity index (χ0) is 22.2. The molecule has 0 aromatic heterocycles. The average molecular weight is 427 g/mol. The van der Waals surface area contributed by atoms with Crippen molar-refractivity contribution >= 4 is 5.91 Å². The molecule has 6 heteroatoms. The number of hydrogen-bond acceptors (Lipinski definition) is 5. The number of methoxy groups -OCH3 is 3. The minimum atomic E-state index is 0.0801. The van der Waals surface area contributed by atoms with E-state index in [0.29, 0.717) is 42.8 Å². The van der Waals surface area contributed by atoms with Crippen molar-refractivity contribution in [1.29, 1.82) is 0 Å². The minimum absolute atomic E-state index is 0.0801. The first-order valence-corrected chi connectivity index (χ1v) is 10.9. The highest BCUT2D eigenvalue weighted by Gasteiger charge is 2.30. The van der Waals surface area contributed by atoms with Gasteiger partial charge >= 0.3 is 0 Å². The molecule has 0 aliphatic carbocycles. The molecule has 31 heavy (non-hydrogen) atoms. The van der Waals surface area contributed by atoms with Crippen molar-refractivity contribution in [3.8, 4) is 17.2 Å². The maximum atomic E-state index is 12.5. The van der Waals surface area contributed by atoms with E-state index >= 15 is 0 Å². The number of amides is 1. The van der Waals surface area contributed by atoms with E-state index in [4.69, 9.17) is 14.2 Å². The van der Waals surface area contributed by atoms with Gasteiger partial charge in [-0.1, -0.05) is 18.2 Å². The summed E-state index contributed by atoms with van der Waals surface area (Å²) in [5.41, 5.74) is 2.33. The molecule has 2 unspecified atom stereocenters. The van der Waals surface area contributed by atoms with Crippen LogP contribution in [0.1, 0.15) is 36.4 Å². The molecule has 6 nitrogen and oxygen atoms in total. The van der Waals surface area contributed by atoms with Gasteiger partial charge in [0.15, 0.2) is 11.5 Å². The molecule has 1 saturated heterocycles. The van der Waals surface area contributed by atoms with Gasteiger partial charge in [-0.15, -0.1) is 0 Å². The highest BCUT2D eigenvalue weighted by atomic mass is 16.5. The number of nitrogens with zero attached hydrogens (tertiary/aromatic N) is 1. The predicted molar refractivity (Wildman–Crippen MR) is 122 cm³/mol. The summed E-state index contributed by atoms with van der Waals surface area (Å²) in [6.45, 7) is 1.76. The first kappa shape index (κ1) is 22.9. The third kappa shape index (κ3) is 5.91. The van der Waals surface area contributed by atoms with Crippen molar-refractivity contribution < 1.29 is 19.0 Å². The van der Waals surface area contributed by atoms with E-state index in [1.165, 1.54) is 5.56 Å². The minimum Gasteiger partial charge on any atom is -0.497 e. The summed E-state index contributed by atoms with van der Waals surface area (Å²) in [6, 6.07) is 14.4. The van der Waals surface area contributed by atoms with Crippen LogP contribution < -0.4 is 19.5 Å². The molecule has 0 saturated carbocycles. The molecule has 2 aromatic carbocycles. The Kier molecular flexibility index (Phi) is 8.18. The number of rotatable bonds is 9. The molecular formula is C25H34N2O4. The van der Waals surface area contributed by atoms with E-state index in [0.717, 1.165) is 30.7 Å². The Bertz CT molecular complexity index is 853. The van der Waals surface area contributed by atoms with Gasteiger partial charge < -0.3 is 19.5 Å². The number of piperidine rings is 1. The van der Waals surface area contributed by atoms with Crippen LogP contribution in [0, 0.1) is 5.92 Å². The quantitative estimate of drug-likeness (QED) is 0.660. The second kappa shape index (κ2) is 11.0. The number of benzene rings is 2. The molecule has 1 aliphatic heterocycles. The lowest BCUT2D eigenvalue weighted by Crippen LogP contribution is -2.41. The van der Waals surface area contributed by atoms with Crippen LogP contribution in [-0.2, 0) is 11.2 Å². The van der Waals surface area contributed by atoms with Gasteiger partial charge in [0.25, 0.3) is 0 Å². The molecule has 3 rings (SSSR count). The Balaban J connectivity index is 1.56. The Morgan fingerprint density at radius 2 is 1.77 bits per heavy atom. The largest absolute Gasteiger partial charge is 0.497 e. The standard InChI is InChI=1S/C25H34N2O4/c1-27-15-5-6-20(25(27)19-9-11-21(29-2)12-10-19)17-26-24(28)14-8-18-7-13-22(30-3)23(16-18)31-4/h7,9-13,16,20,25H,5-6,8,14-15,17H2,1-4H3,(H,26,28). The van der Waals surface area contributed by atoms with Crippen LogP contribution in [0.5, 0.6) is 17.2 Å². The molecule has 0 radical (unpaired) electrons. The summed E-state index contributed by atoms with van der Waals surface area (Å²) < 4.78 is 15.9. The molecule has 168 valence electrons. The molecule has 2 aromatic rings. The molecular weight excluding hydrogens is 392 g/mol. The van der Waals surface area contributed by atoms with Crippen LogP contribution in [0.15, 0.2) is 42.5 Å². The molecule has 2 atom stereocenters. The first-order chi connectivity index (χ1) is 15.0. The van der Waals surface area contributed by atoms with E-state index < -0.39 is 0 Å². The maximum absolute atomic E-state index is 12.5. The SMILES string of the molecule is COc1ccc(C2C(CNC(=O)CCc3ccc(OC)c(OC)c3)CCCN2C)cc1. The van der Waals surface area contributed by atoms with Gasteiger partial charge in [0.05, 0.1) is 21.3 Å². The van der Waals surface area contributed by atoms with Gasteiger partial charge in [-0.05, 0) is 74.2 Å². The summed E-state index contributed by atoms with van der Waals surface area (Å²) in [4.78, 5) is 14.9. The highest BCUT2D eigenvalue weighted by Crippen LogP contribution is 2.35. The van der Waals surface area contributed by atoms with Gasteiger partial charge in [0.2, 0.25) is 5.91 Å². The summed E-state index contributed by atoms with van der Waals surface area (Å²) in [7, 11) is 7.09. The fraction of sp³-hybridized carbons (Fsp3) is 0.480. The van der Waals surface area contributed by atoms with Crippen LogP contribution in [0.4, 0.5) is 0 Å². The lowest BCUT2D eigenvalue weighted by molar-refractivity contribution is -0.121. The predicted octanol–water partition coefficient (Wildman–Crippen LogP) is 3.84. The number of ether oxygens (including phenoxy) is 3. The van der Waals surface area contributed by atoms with E-state index in [-0.39, 0.29) is 5.91 Å². The normalized spacial score (nSPS) is 19.0. The van der Waals surface area contributed by atoms with Gasteiger partial charge in [-0.25, -0.2) is 0 Å². The Hall–Kier alpha value is -2.73. The van der Waals surface area contributed by atoms with Gasteiger partial charge in [-0.3, -0.25) is 9.69 Å². The molecule has 0 spiro atoms. The van der Waals surface area contributed by atoms with E-state index in [1.807, 2.05) is 30.3 Å². The van der Waals surface area contributed by atoms with Crippen molar-refractivity contribution in [2.75, 3.05) is 41.5 Å². The van der Waals surface area contributed by atoms with E-state index in [9.17, 15) is 4.79 Å². The third-order valence-electron chi connectivity index (χ3n) is 6.11. The zero-order valence-electron chi connectivity index (χ0n) is 19.0. The average Bonchev–Trinajstić information content (AvgIpc) is 2.81. The highest BCUT2D eigenvalue weighted by molar-refractivity contribution is 5.76. The van der Waals surface area contributed by atoms with Crippen LogP contribution in [0.3, 0.4) is 0 Å². The van der Waals surface area contributed by atoms with E-state index in [1.54, 1.807) is 21.3 Å². The Morgan fingerprint density at radius 1 is 1.03 bits per heavy atom. The smallest absolute Gasteiger partial charge is 0.220 e. The van der Waals surface area contributed by atoms with Crippen molar-refractivity contribution in [3.63, 3.8) is 0 Å². The van der Waals surface area contributed by atoms with Crippen LogP contribution >= 0.6 is 0 Å². The van der Waals surface area contributed by atoms with Crippen LogP contribution in [0.25, 0.3) is 0 Å². The molecule has 1 amide bonds. The monoisotopic (exact) mass is 426 g/mol. The Labute approximate surface area is 185 Å². The van der Waals surface area contributed by atoms with Gasteiger partial charge in [0.1, 0.15) is 5.75 Å². The fourth-order valence-electron chi connectivity index (χ4n) is 4.43. The fourth-order valence-corrected chi connectivity index (χ4v) is 4.43. The van der Waals surface area contributed by atoms with Crippen LogP contribution in [-0.4, -0.2) is 52.3 Å². The molecule has 1 aliphatic rings. The lowest BCUT2D eigenvalue weighted by atomic mass is 9.85. The van der Waals surface area contributed by atoms with Crippen molar-refractivity contribution in [3.05, 3.63) is 53.6 Å². The number of aryl methyl sites for hydroxylation is 1. The maximum Gasteiger partial charge on any atom is 0.220 e. The summed E-state index contributed by atoms with van der Waals surface area (Å²) >= 11 is 0. The first-order valence-electron chi connectivity index (χ1n) is 10.9. The van der Waals surface area contributed by atoms with Crippen LogP contribution in [0.2, 0.25) is 0 Å². The summed E-state index contributed by atoms with van der Waals surface area (Å²) in [6.07, 6.45) is 3.37. The van der Waals surface area contributed by atoms with Crippen molar-refractivity contribution in [2.24, 2.45) is 5.92 Å². The number of likely N-dealkylation sites (tertiary alicyclic amines) is 1. The number of carbonyl (C=O) groups excluding carboxylic acids is 1. The molecule has 1 fully saturated rings. The second-order valence-electron chi connectivity index (χ2n) is 8.09. The Morgan fingerprint density at radius 3 is 2.45 bits per heavy atom. The lowest BCUT2D eigenvalue weighted by Gasteiger charge is -2.39. The summed E-state index contributed by atoms with van der Waals surface area (Å²) in [5, 5.41) is 3.17. The molecule has 1 N–H and O–H groups in total. The zero-order valence-corrected chi connectivity index (χ0v) is 19.0. The summed E-state index contributed by atoms with van der Waals surface area (Å²) in [5.74, 6) is 2.71. The van der Waals surface area contributed by atoms with E-state index in [2.05, 4.69) is 29.4 Å². The van der Waals surface area contributed by atoms with Crippen molar-refractivity contribution in [2.45, 2.75) is 31.7 Å². The van der Waals surface area contributed by atoms with Crippen molar-refractivity contribution in [1.82, 2.24) is 10.2 Å². The third-order valence-corrected chi connectivity index (χ3v) is 6.11. The second-order valence-corrected chi connectivity index (χ2v) is 8.09. The topological polar surface area (TPSA) is 60.0 Å².